The fourth-order valence-corrected chi connectivity index (χ4v) is 8.29. The Labute approximate surface area is 271 Å². The number of aliphatic hydroxyl groups is 1. The summed E-state index contributed by atoms with van der Waals surface area (Å²) in [7, 11) is 0. The van der Waals surface area contributed by atoms with Gasteiger partial charge in [0, 0.05) is 50.2 Å². The number of rotatable bonds is 5. The Morgan fingerprint density at radius 2 is 1.70 bits per heavy atom. The Kier molecular flexibility index (Phi) is 8.07. The predicted molar refractivity (Wildman–Crippen MR) is 175 cm³/mol. The molecule has 2 N–H and O–H groups in total. The molecule has 250 valence electrons. The Hall–Kier alpha value is -3.18. The van der Waals surface area contributed by atoms with Gasteiger partial charge in [0.2, 0.25) is 5.91 Å². The molecule has 2 saturated carbocycles. The van der Waals surface area contributed by atoms with E-state index in [0.717, 1.165) is 42.7 Å². The van der Waals surface area contributed by atoms with Crippen molar-refractivity contribution in [3.63, 3.8) is 0 Å². The quantitative estimate of drug-likeness (QED) is 0.457. The lowest BCUT2D eigenvalue weighted by Crippen LogP contribution is -2.54. The van der Waals surface area contributed by atoms with Gasteiger partial charge in [0.15, 0.2) is 0 Å². The zero-order valence-electron chi connectivity index (χ0n) is 27.7. The summed E-state index contributed by atoms with van der Waals surface area (Å²) in [4.78, 5) is 47.4. The maximum absolute atomic E-state index is 12.5. The number of hydrogen-bond acceptors (Lipinski definition) is 7. The van der Waals surface area contributed by atoms with Crippen LogP contribution in [0.3, 0.4) is 0 Å². The minimum Gasteiger partial charge on any atom is -0.444 e. The molecule has 5 aliphatic rings. The number of ether oxygens (including phenoxy) is 1. The van der Waals surface area contributed by atoms with Gasteiger partial charge in [-0.25, -0.2) is 14.6 Å². The van der Waals surface area contributed by atoms with E-state index in [1.54, 1.807) is 16.0 Å². The summed E-state index contributed by atoms with van der Waals surface area (Å²) in [5.41, 5.74) is 2.23. The van der Waals surface area contributed by atoms with Crippen LogP contribution in [0.4, 0.5) is 15.3 Å². The molecule has 11 nitrogen and oxygen atoms in total. The number of amides is 4. The van der Waals surface area contributed by atoms with Gasteiger partial charge in [-0.1, -0.05) is 0 Å². The van der Waals surface area contributed by atoms with Crippen molar-refractivity contribution in [1.82, 2.24) is 24.7 Å². The van der Waals surface area contributed by atoms with E-state index in [1.807, 2.05) is 20.8 Å². The number of hydrogen-bond donors (Lipinski definition) is 2. The van der Waals surface area contributed by atoms with E-state index < -0.39 is 11.2 Å². The molecule has 4 amide bonds. The van der Waals surface area contributed by atoms with E-state index in [1.165, 1.54) is 44.1 Å². The second-order valence-electron chi connectivity index (χ2n) is 15.8. The molecule has 46 heavy (non-hydrogen) atoms. The second-order valence-corrected chi connectivity index (χ2v) is 15.8. The van der Waals surface area contributed by atoms with Gasteiger partial charge >= 0.3 is 12.1 Å². The molecular formula is C35H50N6O5. The summed E-state index contributed by atoms with van der Waals surface area (Å²) < 4.78 is 7.95. The van der Waals surface area contributed by atoms with E-state index >= 15 is 0 Å². The zero-order valence-corrected chi connectivity index (χ0v) is 27.7. The fourth-order valence-electron chi connectivity index (χ4n) is 8.29. The number of carbonyl (C=O) groups is 3. The lowest BCUT2D eigenvalue weighted by atomic mass is 9.66. The van der Waals surface area contributed by atoms with Crippen molar-refractivity contribution in [2.45, 2.75) is 115 Å². The van der Waals surface area contributed by atoms with E-state index in [0.29, 0.717) is 62.8 Å². The third kappa shape index (κ3) is 6.50. The Bertz CT molecular complexity index is 1480. The molecule has 2 aromatic rings. The average Bonchev–Trinajstić information content (AvgIpc) is 3.78. The summed E-state index contributed by atoms with van der Waals surface area (Å²) in [6.45, 7) is 9.80. The van der Waals surface area contributed by atoms with Crippen LogP contribution in [-0.2, 0) is 9.53 Å². The van der Waals surface area contributed by atoms with Crippen LogP contribution in [0.5, 0.6) is 0 Å². The molecule has 0 aromatic carbocycles. The van der Waals surface area contributed by atoms with Crippen LogP contribution >= 0.6 is 0 Å². The SMILES string of the molecule is CC(C)(C)OC(=O)N1CCC(O)(CN2CCC3(CCC(n4cc(C5CC5)c5cc(N6CCC(=O)NC6=O)cnc54)CC3)CC2)CC1. The second kappa shape index (κ2) is 11.8. The highest BCUT2D eigenvalue weighted by Gasteiger charge is 2.42. The van der Waals surface area contributed by atoms with Crippen LogP contribution in [0.15, 0.2) is 18.5 Å². The summed E-state index contributed by atoms with van der Waals surface area (Å²) in [6.07, 6.45) is 14.8. The molecule has 2 aliphatic carbocycles. The van der Waals surface area contributed by atoms with Crippen molar-refractivity contribution in [2.75, 3.05) is 44.2 Å². The van der Waals surface area contributed by atoms with Crippen molar-refractivity contribution >= 4 is 34.8 Å². The average molecular weight is 635 g/mol. The monoisotopic (exact) mass is 634 g/mol. The van der Waals surface area contributed by atoms with E-state index in [4.69, 9.17) is 9.72 Å². The number of β-amino-alcohol motifs (C(OH)–C–C–N with tert-alkyl or cyclic N) is 1. The number of piperidine rings is 2. The Morgan fingerprint density at radius 1 is 1.00 bits per heavy atom. The first-order chi connectivity index (χ1) is 21.9. The first-order valence-corrected chi connectivity index (χ1v) is 17.4. The van der Waals surface area contributed by atoms with Crippen molar-refractivity contribution in [3.8, 4) is 0 Å². The lowest BCUT2D eigenvalue weighted by Gasteiger charge is -2.48. The fraction of sp³-hybridized carbons (Fsp3) is 0.714. The Morgan fingerprint density at radius 3 is 2.33 bits per heavy atom. The van der Waals surface area contributed by atoms with Gasteiger partial charge in [-0.3, -0.25) is 15.0 Å². The van der Waals surface area contributed by atoms with E-state index in [9.17, 15) is 19.5 Å². The number of urea groups is 1. The zero-order chi connectivity index (χ0) is 32.3. The molecule has 0 unspecified atom stereocenters. The molecule has 11 heteroatoms. The van der Waals surface area contributed by atoms with Crippen LogP contribution in [-0.4, -0.2) is 93.0 Å². The van der Waals surface area contributed by atoms with Crippen molar-refractivity contribution in [1.29, 1.82) is 0 Å². The molecule has 7 rings (SSSR count). The minimum absolute atomic E-state index is 0.226. The van der Waals surface area contributed by atoms with Gasteiger partial charge in [-0.15, -0.1) is 0 Å². The van der Waals surface area contributed by atoms with Gasteiger partial charge in [-0.2, -0.15) is 0 Å². The van der Waals surface area contributed by atoms with Crippen molar-refractivity contribution in [2.24, 2.45) is 5.41 Å². The van der Waals surface area contributed by atoms with Gasteiger partial charge in [-0.05, 0) is 121 Å². The van der Waals surface area contributed by atoms with Crippen LogP contribution in [0, 0.1) is 5.41 Å². The van der Waals surface area contributed by atoms with Crippen molar-refractivity contribution < 1.29 is 24.2 Å². The molecular weight excluding hydrogens is 584 g/mol. The van der Waals surface area contributed by atoms with Gasteiger partial charge < -0.3 is 24.2 Å². The molecule has 5 heterocycles. The molecule has 1 spiro atoms. The first-order valence-electron chi connectivity index (χ1n) is 17.4. The van der Waals surface area contributed by atoms with E-state index in [-0.39, 0.29) is 18.0 Å². The molecule has 3 saturated heterocycles. The number of imide groups is 1. The normalized spacial score (nSPS) is 24.4. The van der Waals surface area contributed by atoms with Gasteiger partial charge in [0.25, 0.3) is 0 Å². The minimum atomic E-state index is -0.752. The van der Waals surface area contributed by atoms with Crippen LogP contribution < -0.4 is 10.2 Å². The number of nitrogens with one attached hydrogen (secondary N) is 1. The topological polar surface area (TPSA) is 120 Å². The standard InChI is InChI=1S/C35H50N6O5/c1-33(2,3)46-32(44)39-18-13-35(45,14-19-39)23-38-16-11-34(12-17-38)9-6-25(7-10-34)41-22-28(24-4-5-24)27-20-26(21-36-30(27)41)40-15-8-29(42)37-31(40)43/h20-22,24-25,45H,4-19,23H2,1-3H3,(H,37,42,43). The highest BCUT2D eigenvalue weighted by atomic mass is 16.6. The molecule has 0 bridgehead atoms. The molecule has 5 fully saturated rings. The number of pyridine rings is 1. The number of nitrogens with zero attached hydrogens (tertiary/aromatic N) is 5. The highest BCUT2D eigenvalue weighted by Crippen LogP contribution is 2.50. The van der Waals surface area contributed by atoms with Crippen LogP contribution in [0.1, 0.15) is 109 Å². The number of fused-ring (bicyclic) bond motifs is 1. The molecule has 0 radical (unpaired) electrons. The molecule has 2 aromatic heterocycles. The predicted octanol–water partition coefficient (Wildman–Crippen LogP) is 5.32. The van der Waals surface area contributed by atoms with Crippen LogP contribution in [0.2, 0.25) is 0 Å². The maximum atomic E-state index is 12.5. The van der Waals surface area contributed by atoms with E-state index in [2.05, 4.69) is 27.0 Å². The highest BCUT2D eigenvalue weighted by molar-refractivity contribution is 6.06. The largest absolute Gasteiger partial charge is 0.444 e. The van der Waals surface area contributed by atoms with Gasteiger partial charge in [0.05, 0.1) is 17.5 Å². The number of carbonyl (C=O) groups excluding carboxylic acids is 3. The summed E-state index contributed by atoms with van der Waals surface area (Å²) in [6, 6.07) is 2.16. The van der Waals surface area contributed by atoms with Gasteiger partial charge in [0.1, 0.15) is 11.2 Å². The van der Waals surface area contributed by atoms with Crippen LogP contribution in [0.25, 0.3) is 11.0 Å². The Balaban J connectivity index is 0.948. The number of likely N-dealkylation sites (tertiary alicyclic amines) is 2. The molecule has 3 aliphatic heterocycles. The third-order valence-corrected chi connectivity index (χ3v) is 11.3. The summed E-state index contributed by atoms with van der Waals surface area (Å²) in [5, 5.41) is 15.0. The molecule has 0 atom stereocenters. The summed E-state index contributed by atoms with van der Waals surface area (Å²) >= 11 is 0. The number of anilines is 1. The summed E-state index contributed by atoms with van der Waals surface area (Å²) in [5.74, 6) is 0.340. The first kappa shape index (κ1) is 31.4. The smallest absolute Gasteiger partial charge is 0.410 e. The maximum Gasteiger partial charge on any atom is 0.410 e. The third-order valence-electron chi connectivity index (χ3n) is 11.3. The lowest BCUT2D eigenvalue weighted by molar-refractivity contribution is -0.120. The van der Waals surface area contributed by atoms with Crippen molar-refractivity contribution in [3.05, 3.63) is 24.0 Å². The number of aromatic nitrogens is 2.